The maximum absolute atomic E-state index is 12.6. The highest BCUT2D eigenvalue weighted by molar-refractivity contribution is 5.94. The molecule has 0 saturated carbocycles. The van der Waals surface area contributed by atoms with Crippen molar-refractivity contribution in [1.29, 1.82) is 0 Å². The van der Waals surface area contributed by atoms with Gasteiger partial charge in [-0.05, 0) is 25.5 Å². The Morgan fingerprint density at radius 1 is 1.33 bits per heavy atom. The molecule has 0 saturated heterocycles. The molecule has 0 unspecified atom stereocenters. The van der Waals surface area contributed by atoms with Gasteiger partial charge in [0.15, 0.2) is 0 Å². The smallest absolute Gasteiger partial charge is 0.325 e. The van der Waals surface area contributed by atoms with Gasteiger partial charge in [0.05, 0.1) is 13.2 Å². The molecule has 1 rings (SSSR count). The van der Waals surface area contributed by atoms with Crippen LogP contribution in [0.2, 0.25) is 0 Å². The number of amides is 1. The number of methoxy groups -OCH3 is 1. The second kappa shape index (κ2) is 9.18. The largest absolute Gasteiger partial charge is 0.465 e. The minimum Gasteiger partial charge on any atom is -0.465 e. The molecule has 0 radical (unpaired) electrons. The van der Waals surface area contributed by atoms with E-state index in [0.717, 1.165) is 6.42 Å². The molecule has 6 nitrogen and oxygen atoms in total. The maximum atomic E-state index is 12.6. The van der Waals surface area contributed by atoms with Gasteiger partial charge in [0.1, 0.15) is 12.2 Å². The van der Waals surface area contributed by atoms with E-state index in [4.69, 9.17) is 9.47 Å². The zero-order valence-electron chi connectivity index (χ0n) is 13.0. The van der Waals surface area contributed by atoms with E-state index < -0.39 is 0 Å². The highest BCUT2D eigenvalue weighted by Crippen LogP contribution is 2.08. The first kappa shape index (κ1) is 17.2. The molecule has 1 aromatic rings. The highest BCUT2D eigenvalue weighted by Gasteiger charge is 2.21. The number of carbonyl (C=O) groups excluding carboxylic acids is 2. The Labute approximate surface area is 125 Å². The summed E-state index contributed by atoms with van der Waals surface area (Å²) >= 11 is 0. The van der Waals surface area contributed by atoms with Crippen LogP contribution in [0.25, 0.3) is 0 Å². The monoisotopic (exact) mass is 296 g/mol. The van der Waals surface area contributed by atoms with Gasteiger partial charge in [-0.3, -0.25) is 9.59 Å². The quantitative estimate of drug-likeness (QED) is 0.649. The molecule has 1 amide bonds. The molecule has 1 heterocycles. The van der Waals surface area contributed by atoms with Crippen molar-refractivity contribution in [2.45, 2.75) is 26.8 Å². The number of ether oxygens (including phenoxy) is 2. The number of carbonyl (C=O) groups is 2. The van der Waals surface area contributed by atoms with E-state index in [0.29, 0.717) is 32.0 Å². The highest BCUT2D eigenvalue weighted by atomic mass is 16.5. The molecule has 0 N–H and O–H groups in total. The summed E-state index contributed by atoms with van der Waals surface area (Å²) in [6, 6.07) is 3.57. The number of hydrogen-bond donors (Lipinski definition) is 0. The van der Waals surface area contributed by atoms with Gasteiger partial charge >= 0.3 is 5.97 Å². The maximum Gasteiger partial charge on any atom is 0.325 e. The number of hydrogen-bond acceptors (Lipinski definition) is 4. The van der Waals surface area contributed by atoms with Crippen molar-refractivity contribution in [3.8, 4) is 0 Å². The van der Waals surface area contributed by atoms with Crippen molar-refractivity contribution < 1.29 is 19.1 Å². The standard InChI is InChI=1S/C15H24N2O4/c1-4-8-17(12-14(18)21-5-2)15(19)13-7-6-9-16(13)10-11-20-3/h6-7,9H,4-5,8,10-12H2,1-3H3. The zero-order valence-corrected chi connectivity index (χ0v) is 13.0. The molecule has 0 spiro atoms. The summed E-state index contributed by atoms with van der Waals surface area (Å²) in [6.07, 6.45) is 2.62. The minimum absolute atomic E-state index is 0.0179. The number of esters is 1. The van der Waals surface area contributed by atoms with Crippen molar-refractivity contribution in [2.24, 2.45) is 0 Å². The molecule has 21 heavy (non-hydrogen) atoms. The fourth-order valence-corrected chi connectivity index (χ4v) is 2.04. The van der Waals surface area contributed by atoms with Crippen LogP contribution < -0.4 is 0 Å². The molecule has 6 heteroatoms. The van der Waals surface area contributed by atoms with Crippen LogP contribution in [0.3, 0.4) is 0 Å². The summed E-state index contributed by atoms with van der Waals surface area (Å²) in [4.78, 5) is 25.7. The number of aromatic nitrogens is 1. The molecule has 0 aliphatic rings. The molecule has 1 aromatic heterocycles. The Morgan fingerprint density at radius 3 is 2.71 bits per heavy atom. The van der Waals surface area contributed by atoms with E-state index in [1.807, 2.05) is 23.8 Å². The Morgan fingerprint density at radius 2 is 2.10 bits per heavy atom. The van der Waals surface area contributed by atoms with Crippen molar-refractivity contribution in [3.63, 3.8) is 0 Å². The number of nitrogens with zero attached hydrogens (tertiary/aromatic N) is 2. The third-order valence-electron chi connectivity index (χ3n) is 2.99. The molecule has 0 atom stereocenters. The predicted octanol–water partition coefficient (Wildman–Crippen LogP) is 1.55. The van der Waals surface area contributed by atoms with E-state index in [-0.39, 0.29) is 18.4 Å². The summed E-state index contributed by atoms with van der Waals surface area (Å²) in [5, 5.41) is 0. The van der Waals surface area contributed by atoms with Gasteiger partial charge in [-0.25, -0.2) is 0 Å². The van der Waals surface area contributed by atoms with Gasteiger partial charge in [0, 0.05) is 26.4 Å². The summed E-state index contributed by atoms with van der Waals surface area (Å²) in [5.41, 5.74) is 0.560. The second-order valence-electron chi connectivity index (χ2n) is 4.61. The van der Waals surface area contributed by atoms with E-state index in [1.54, 1.807) is 20.1 Å². The Bertz CT molecular complexity index is 456. The van der Waals surface area contributed by atoms with Crippen molar-refractivity contribution in [1.82, 2.24) is 9.47 Å². The lowest BCUT2D eigenvalue weighted by atomic mass is 10.3. The van der Waals surface area contributed by atoms with E-state index in [9.17, 15) is 9.59 Å². The van der Waals surface area contributed by atoms with Crippen molar-refractivity contribution in [2.75, 3.05) is 33.4 Å². The zero-order chi connectivity index (χ0) is 15.7. The van der Waals surface area contributed by atoms with Gasteiger partial charge < -0.3 is 18.9 Å². The molecule has 0 fully saturated rings. The summed E-state index contributed by atoms with van der Waals surface area (Å²) in [5.74, 6) is -0.541. The van der Waals surface area contributed by atoms with E-state index in [1.165, 1.54) is 4.90 Å². The Hall–Kier alpha value is -1.82. The first-order chi connectivity index (χ1) is 10.1. The fraction of sp³-hybridized carbons (Fsp3) is 0.600. The second-order valence-corrected chi connectivity index (χ2v) is 4.61. The topological polar surface area (TPSA) is 60.8 Å². The van der Waals surface area contributed by atoms with Crippen LogP contribution in [0.5, 0.6) is 0 Å². The molecule has 118 valence electrons. The lowest BCUT2D eigenvalue weighted by Gasteiger charge is -2.21. The number of rotatable bonds is 9. The first-order valence-electron chi connectivity index (χ1n) is 7.23. The van der Waals surface area contributed by atoms with Crippen LogP contribution in [-0.2, 0) is 20.8 Å². The van der Waals surface area contributed by atoms with Crippen molar-refractivity contribution in [3.05, 3.63) is 24.0 Å². The molecular formula is C15H24N2O4. The predicted molar refractivity (Wildman–Crippen MR) is 79.1 cm³/mol. The van der Waals surface area contributed by atoms with Gasteiger partial charge in [0.25, 0.3) is 5.91 Å². The van der Waals surface area contributed by atoms with E-state index in [2.05, 4.69) is 0 Å². The Kier molecular flexibility index (Phi) is 7.53. The third-order valence-corrected chi connectivity index (χ3v) is 2.99. The van der Waals surface area contributed by atoms with Crippen LogP contribution in [0.4, 0.5) is 0 Å². The SMILES string of the molecule is CCCN(CC(=O)OCC)C(=O)c1cccn1CCOC. The molecule has 0 aliphatic heterocycles. The van der Waals surface area contributed by atoms with Crippen LogP contribution >= 0.6 is 0 Å². The normalized spacial score (nSPS) is 10.4. The van der Waals surface area contributed by atoms with Gasteiger partial charge in [-0.1, -0.05) is 6.92 Å². The minimum atomic E-state index is -0.380. The Balaban J connectivity index is 2.80. The molecule has 0 aromatic carbocycles. The molecule has 0 bridgehead atoms. The fourth-order valence-electron chi connectivity index (χ4n) is 2.04. The van der Waals surface area contributed by atoms with Gasteiger partial charge in [-0.2, -0.15) is 0 Å². The first-order valence-corrected chi connectivity index (χ1v) is 7.23. The molecular weight excluding hydrogens is 272 g/mol. The average molecular weight is 296 g/mol. The van der Waals surface area contributed by atoms with Crippen LogP contribution in [0, 0.1) is 0 Å². The summed E-state index contributed by atoms with van der Waals surface area (Å²) < 4.78 is 11.8. The molecule has 0 aliphatic carbocycles. The lowest BCUT2D eigenvalue weighted by molar-refractivity contribution is -0.143. The average Bonchev–Trinajstić information content (AvgIpc) is 2.92. The third kappa shape index (κ3) is 5.23. The van der Waals surface area contributed by atoms with Crippen LogP contribution in [0.15, 0.2) is 18.3 Å². The van der Waals surface area contributed by atoms with Crippen molar-refractivity contribution >= 4 is 11.9 Å². The van der Waals surface area contributed by atoms with Gasteiger partial charge in [0.2, 0.25) is 0 Å². The summed E-state index contributed by atoms with van der Waals surface area (Å²) in [6.45, 7) is 5.67. The van der Waals surface area contributed by atoms with Crippen LogP contribution in [0.1, 0.15) is 30.8 Å². The summed E-state index contributed by atoms with van der Waals surface area (Å²) in [7, 11) is 1.62. The van der Waals surface area contributed by atoms with Gasteiger partial charge in [-0.15, -0.1) is 0 Å². The lowest BCUT2D eigenvalue weighted by Crippen LogP contribution is -2.38. The van der Waals surface area contributed by atoms with Crippen LogP contribution in [-0.4, -0.2) is 54.8 Å². The van der Waals surface area contributed by atoms with E-state index >= 15 is 0 Å².